The molecule has 1 fully saturated rings. The minimum atomic E-state index is -0.626. The number of piperazine rings is 1. The monoisotopic (exact) mass is 323 g/mol. The van der Waals surface area contributed by atoms with Crippen LogP contribution in [0.25, 0.3) is 0 Å². The Morgan fingerprint density at radius 3 is 2.74 bits per heavy atom. The van der Waals surface area contributed by atoms with Gasteiger partial charge >= 0.3 is 5.97 Å². The highest BCUT2D eigenvalue weighted by Crippen LogP contribution is 2.17. The van der Waals surface area contributed by atoms with Gasteiger partial charge in [0.15, 0.2) is 0 Å². The van der Waals surface area contributed by atoms with Gasteiger partial charge in [-0.2, -0.15) is 0 Å². The van der Waals surface area contributed by atoms with E-state index < -0.39 is 23.7 Å². The molecular weight excluding hydrogens is 305 g/mol. The first-order valence-electron chi connectivity index (χ1n) is 7.09. The first-order chi connectivity index (χ1) is 10.9. The van der Waals surface area contributed by atoms with Gasteiger partial charge in [0.05, 0.1) is 7.11 Å². The van der Waals surface area contributed by atoms with Gasteiger partial charge in [-0.05, 0) is 18.2 Å². The molecule has 1 aliphatic heterocycles. The molecule has 0 spiro atoms. The Balaban J connectivity index is 2.17. The molecule has 1 heterocycles. The third-order valence-electron chi connectivity index (χ3n) is 3.41. The Labute approximate surface area is 132 Å². The van der Waals surface area contributed by atoms with Gasteiger partial charge in [-0.1, -0.05) is 0 Å². The lowest BCUT2D eigenvalue weighted by molar-refractivity contribution is -0.144. The molecule has 1 atom stereocenters. The van der Waals surface area contributed by atoms with Crippen LogP contribution in [0.1, 0.15) is 17.3 Å². The molecule has 2 rings (SSSR count). The van der Waals surface area contributed by atoms with Crippen molar-refractivity contribution in [2.75, 3.05) is 32.1 Å². The summed E-state index contributed by atoms with van der Waals surface area (Å²) >= 11 is 0. The zero-order valence-electron chi connectivity index (χ0n) is 12.9. The molecule has 1 aliphatic rings. The molecule has 2 amide bonds. The quantitative estimate of drug-likeness (QED) is 0.785. The van der Waals surface area contributed by atoms with Crippen molar-refractivity contribution in [1.29, 1.82) is 0 Å². The standard InChI is InChI=1S/C15H18FN3O4/c1-9(20)18-12-6-10(5-11(16)7-12)14(21)19-4-3-17-13(8-19)15(22)23-2/h5-7,13,17H,3-4,8H2,1-2H3,(H,18,20). The molecule has 1 aromatic carbocycles. The van der Waals surface area contributed by atoms with E-state index in [1.807, 2.05) is 0 Å². The molecule has 7 nitrogen and oxygen atoms in total. The summed E-state index contributed by atoms with van der Waals surface area (Å²) in [6.45, 7) is 2.25. The molecule has 124 valence electrons. The number of methoxy groups -OCH3 is 1. The summed E-state index contributed by atoms with van der Waals surface area (Å²) in [5, 5.41) is 5.40. The van der Waals surface area contributed by atoms with Crippen molar-refractivity contribution in [3.05, 3.63) is 29.6 Å². The van der Waals surface area contributed by atoms with E-state index in [9.17, 15) is 18.8 Å². The summed E-state index contributed by atoms with van der Waals surface area (Å²) in [7, 11) is 1.27. The van der Waals surface area contributed by atoms with Crippen molar-refractivity contribution >= 4 is 23.5 Å². The molecule has 1 saturated heterocycles. The van der Waals surface area contributed by atoms with Crippen LogP contribution >= 0.6 is 0 Å². The predicted octanol–water partition coefficient (Wildman–Crippen LogP) is 0.371. The summed E-state index contributed by atoms with van der Waals surface area (Å²) in [6, 6.07) is 3.03. The second-order valence-electron chi connectivity index (χ2n) is 5.19. The topological polar surface area (TPSA) is 87.7 Å². The summed E-state index contributed by atoms with van der Waals surface area (Å²) in [6.07, 6.45) is 0. The first kappa shape index (κ1) is 16.9. The Morgan fingerprint density at radius 1 is 1.35 bits per heavy atom. The van der Waals surface area contributed by atoms with Crippen LogP contribution < -0.4 is 10.6 Å². The van der Waals surface area contributed by atoms with Crippen LogP contribution in [0.4, 0.5) is 10.1 Å². The fraction of sp³-hybridized carbons (Fsp3) is 0.400. The second kappa shape index (κ2) is 7.19. The van der Waals surface area contributed by atoms with E-state index in [-0.39, 0.29) is 23.7 Å². The maximum atomic E-state index is 13.7. The van der Waals surface area contributed by atoms with E-state index in [0.717, 1.165) is 12.1 Å². The number of hydrogen-bond donors (Lipinski definition) is 2. The maximum Gasteiger partial charge on any atom is 0.324 e. The number of carbonyl (C=O) groups excluding carboxylic acids is 3. The highest BCUT2D eigenvalue weighted by atomic mass is 19.1. The number of halogens is 1. The molecular formula is C15H18FN3O4. The van der Waals surface area contributed by atoms with Gasteiger partial charge in [0.2, 0.25) is 5.91 Å². The second-order valence-corrected chi connectivity index (χ2v) is 5.19. The highest BCUT2D eigenvalue weighted by molar-refractivity contribution is 5.97. The molecule has 23 heavy (non-hydrogen) atoms. The molecule has 1 aromatic rings. The zero-order chi connectivity index (χ0) is 17.0. The van der Waals surface area contributed by atoms with Crippen LogP contribution in [0.3, 0.4) is 0 Å². The third-order valence-corrected chi connectivity index (χ3v) is 3.41. The van der Waals surface area contributed by atoms with Crippen LogP contribution in [0.5, 0.6) is 0 Å². The summed E-state index contributed by atoms with van der Waals surface area (Å²) in [5.41, 5.74) is 0.319. The van der Waals surface area contributed by atoms with E-state index in [0.29, 0.717) is 13.1 Å². The fourth-order valence-electron chi connectivity index (χ4n) is 2.41. The molecule has 0 saturated carbocycles. The number of nitrogens with one attached hydrogen (secondary N) is 2. The Hall–Kier alpha value is -2.48. The van der Waals surface area contributed by atoms with Gasteiger partial charge in [-0.25, -0.2) is 4.39 Å². The van der Waals surface area contributed by atoms with Gasteiger partial charge in [-0.15, -0.1) is 0 Å². The van der Waals surface area contributed by atoms with Gasteiger partial charge in [0.1, 0.15) is 11.9 Å². The number of rotatable bonds is 3. The molecule has 2 N–H and O–H groups in total. The summed E-state index contributed by atoms with van der Waals surface area (Å²) in [4.78, 5) is 36.6. The number of esters is 1. The first-order valence-corrected chi connectivity index (χ1v) is 7.09. The van der Waals surface area contributed by atoms with Gasteiger partial charge in [0.25, 0.3) is 5.91 Å². The van der Waals surface area contributed by atoms with Crippen LogP contribution in [-0.2, 0) is 14.3 Å². The maximum absolute atomic E-state index is 13.7. The van der Waals surface area contributed by atoms with E-state index in [1.165, 1.54) is 25.0 Å². The largest absolute Gasteiger partial charge is 0.468 e. The van der Waals surface area contributed by atoms with E-state index in [2.05, 4.69) is 15.4 Å². The summed E-state index contributed by atoms with van der Waals surface area (Å²) in [5.74, 6) is -1.85. The number of carbonyl (C=O) groups is 3. The Morgan fingerprint density at radius 2 is 2.09 bits per heavy atom. The van der Waals surface area contributed by atoms with Crippen molar-refractivity contribution in [3.63, 3.8) is 0 Å². The van der Waals surface area contributed by atoms with Gasteiger partial charge < -0.3 is 20.3 Å². The summed E-state index contributed by atoms with van der Waals surface area (Å²) < 4.78 is 18.3. The van der Waals surface area contributed by atoms with Crippen LogP contribution in [0.2, 0.25) is 0 Å². The number of amides is 2. The van der Waals surface area contributed by atoms with Crippen molar-refractivity contribution in [2.24, 2.45) is 0 Å². The number of benzene rings is 1. The molecule has 8 heteroatoms. The third kappa shape index (κ3) is 4.26. The smallest absolute Gasteiger partial charge is 0.324 e. The van der Waals surface area contributed by atoms with Crippen molar-refractivity contribution in [3.8, 4) is 0 Å². The minimum absolute atomic E-state index is 0.110. The lowest BCUT2D eigenvalue weighted by Crippen LogP contribution is -2.56. The Kier molecular flexibility index (Phi) is 5.28. The fourth-order valence-corrected chi connectivity index (χ4v) is 2.41. The minimum Gasteiger partial charge on any atom is -0.468 e. The van der Waals surface area contributed by atoms with E-state index in [4.69, 9.17) is 0 Å². The van der Waals surface area contributed by atoms with Gasteiger partial charge in [-0.3, -0.25) is 14.4 Å². The lowest BCUT2D eigenvalue weighted by atomic mass is 10.1. The van der Waals surface area contributed by atoms with Crippen molar-refractivity contribution in [1.82, 2.24) is 10.2 Å². The van der Waals surface area contributed by atoms with Gasteiger partial charge in [0, 0.05) is 37.8 Å². The van der Waals surface area contributed by atoms with Crippen LogP contribution in [0, 0.1) is 5.82 Å². The zero-order valence-corrected chi connectivity index (χ0v) is 12.9. The predicted molar refractivity (Wildman–Crippen MR) is 80.4 cm³/mol. The SMILES string of the molecule is COC(=O)C1CN(C(=O)c2cc(F)cc(NC(C)=O)c2)CCN1. The number of ether oxygens (including phenoxy) is 1. The molecule has 0 bridgehead atoms. The van der Waals surface area contributed by atoms with Crippen LogP contribution in [-0.4, -0.2) is 55.5 Å². The normalized spacial score (nSPS) is 17.5. The average molecular weight is 323 g/mol. The number of nitrogens with zero attached hydrogens (tertiary/aromatic N) is 1. The Bertz CT molecular complexity index is 635. The lowest BCUT2D eigenvalue weighted by Gasteiger charge is -2.32. The number of anilines is 1. The molecule has 0 radical (unpaired) electrons. The highest BCUT2D eigenvalue weighted by Gasteiger charge is 2.29. The molecule has 0 aliphatic carbocycles. The average Bonchev–Trinajstić information content (AvgIpc) is 2.52. The van der Waals surface area contributed by atoms with E-state index >= 15 is 0 Å². The number of hydrogen-bond acceptors (Lipinski definition) is 5. The van der Waals surface area contributed by atoms with Crippen molar-refractivity contribution < 1.29 is 23.5 Å². The van der Waals surface area contributed by atoms with Crippen LogP contribution in [0.15, 0.2) is 18.2 Å². The molecule has 0 aromatic heterocycles. The van der Waals surface area contributed by atoms with Crippen molar-refractivity contribution in [2.45, 2.75) is 13.0 Å². The molecule has 1 unspecified atom stereocenters. The van der Waals surface area contributed by atoms with E-state index in [1.54, 1.807) is 0 Å².